The van der Waals surface area contributed by atoms with Crippen LogP contribution in [0.5, 0.6) is 0 Å². The summed E-state index contributed by atoms with van der Waals surface area (Å²) in [4.78, 5) is 11.7. The van der Waals surface area contributed by atoms with Crippen LogP contribution in [0.3, 0.4) is 0 Å². The Morgan fingerprint density at radius 3 is 2.88 bits per heavy atom. The van der Waals surface area contributed by atoms with Gasteiger partial charge >= 0.3 is 5.97 Å². The molecule has 3 aliphatic rings. The van der Waals surface area contributed by atoms with E-state index in [1.165, 1.54) is 0 Å². The molecule has 0 saturated carbocycles. The number of rotatable bonds is 2. The number of anilines is 1. The van der Waals surface area contributed by atoms with Crippen molar-refractivity contribution in [2.75, 3.05) is 5.73 Å². The zero-order valence-corrected chi connectivity index (χ0v) is 13.3. The standard InChI is InChI=1S/C20H16N2O3/c21-11-5-7-15-17(9-11)25-18-10-12(22)6-8-16(18)19(15)13-3-1-2-4-14(13)20(23)24/h1-2,4-10,13,21H,3,22H2,(H,23,24). The molecule has 1 atom stereocenters. The van der Waals surface area contributed by atoms with Gasteiger partial charge in [0, 0.05) is 40.3 Å². The van der Waals surface area contributed by atoms with E-state index in [2.05, 4.69) is 0 Å². The molecule has 1 aromatic rings. The maximum absolute atomic E-state index is 11.7. The lowest BCUT2D eigenvalue weighted by molar-refractivity contribution is -0.133. The fourth-order valence-corrected chi connectivity index (χ4v) is 3.44. The van der Waals surface area contributed by atoms with E-state index in [0.29, 0.717) is 34.4 Å². The van der Waals surface area contributed by atoms with Crippen molar-refractivity contribution in [3.05, 3.63) is 71.1 Å². The van der Waals surface area contributed by atoms with Crippen molar-refractivity contribution in [3.63, 3.8) is 0 Å². The molecule has 0 aromatic heterocycles. The predicted octanol–water partition coefficient (Wildman–Crippen LogP) is 3.65. The smallest absolute Gasteiger partial charge is 0.332 e. The molecule has 1 aliphatic heterocycles. The number of hydrogen-bond acceptors (Lipinski definition) is 4. The molecule has 0 fully saturated rings. The monoisotopic (exact) mass is 332 g/mol. The number of fused-ring (bicyclic) bond motifs is 2. The van der Waals surface area contributed by atoms with E-state index in [0.717, 1.165) is 16.5 Å². The number of nitrogens with one attached hydrogen (secondary N) is 1. The van der Waals surface area contributed by atoms with Crippen molar-refractivity contribution in [1.29, 1.82) is 5.41 Å². The molecule has 0 bridgehead atoms. The number of benzene rings is 2. The highest BCUT2D eigenvalue weighted by atomic mass is 16.4. The summed E-state index contributed by atoms with van der Waals surface area (Å²) >= 11 is 0. The number of carbonyl (C=O) groups is 1. The molecule has 0 amide bonds. The van der Waals surface area contributed by atoms with Gasteiger partial charge in [0.05, 0.1) is 5.36 Å². The van der Waals surface area contributed by atoms with E-state index < -0.39 is 5.97 Å². The van der Waals surface area contributed by atoms with Crippen LogP contribution in [0.15, 0.2) is 64.6 Å². The Kier molecular flexibility index (Phi) is 3.42. The molecule has 1 aromatic carbocycles. The minimum absolute atomic E-state index is 0.288. The van der Waals surface area contributed by atoms with E-state index in [9.17, 15) is 9.90 Å². The van der Waals surface area contributed by atoms with Crippen LogP contribution in [0.25, 0.3) is 22.3 Å². The fraction of sp³-hybridized carbons (Fsp3) is 0.100. The van der Waals surface area contributed by atoms with Gasteiger partial charge in [-0.1, -0.05) is 18.2 Å². The normalized spacial score (nSPS) is 17.0. The number of nitrogen functional groups attached to an aromatic ring is 1. The first-order valence-corrected chi connectivity index (χ1v) is 7.95. The summed E-state index contributed by atoms with van der Waals surface area (Å²) in [5, 5.41) is 18.7. The van der Waals surface area contributed by atoms with Crippen molar-refractivity contribution in [3.8, 4) is 11.3 Å². The summed E-state index contributed by atoms with van der Waals surface area (Å²) in [6.45, 7) is 0. The fourth-order valence-electron chi connectivity index (χ4n) is 3.44. The summed E-state index contributed by atoms with van der Waals surface area (Å²) in [5.41, 5.74) is 9.12. The van der Waals surface area contributed by atoms with E-state index in [1.807, 2.05) is 18.2 Å². The number of hydrogen-bond donors (Lipinski definition) is 3. The van der Waals surface area contributed by atoms with Gasteiger partial charge in [0.15, 0.2) is 0 Å². The van der Waals surface area contributed by atoms with Crippen LogP contribution in [0, 0.1) is 5.41 Å². The second-order valence-electron chi connectivity index (χ2n) is 6.13. The number of nitrogens with two attached hydrogens (primary N) is 1. The Balaban J connectivity index is 2.10. The molecular formula is C20H16N2O3. The summed E-state index contributed by atoms with van der Waals surface area (Å²) in [5.74, 6) is -0.659. The first-order chi connectivity index (χ1) is 12.0. The first-order valence-electron chi connectivity index (χ1n) is 7.95. The highest BCUT2D eigenvalue weighted by Crippen LogP contribution is 2.43. The van der Waals surface area contributed by atoms with Crippen molar-refractivity contribution in [1.82, 2.24) is 0 Å². The third-order valence-electron chi connectivity index (χ3n) is 4.54. The van der Waals surface area contributed by atoms with Crippen LogP contribution in [0.2, 0.25) is 0 Å². The predicted molar refractivity (Wildman–Crippen MR) is 95.3 cm³/mol. The maximum Gasteiger partial charge on any atom is 0.332 e. The van der Waals surface area contributed by atoms with Gasteiger partial charge in [-0.2, -0.15) is 0 Å². The van der Waals surface area contributed by atoms with E-state index in [-0.39, 0.29) is 5.92 Å². The van der Waals surface area contributed by atoms with Crippen LogP contribution in [-0.4, -0.2) is 11.1 Å². The quantitative estimate of drug-likeness (QED) is 0.492. The molecule has 25 heavy (non-hydrogen) atoms. The molecule has 4 rings (SSSR count). The SMILES string of the molecule is N=c1ccc2c(C3CC=CC=C3C(=O)O)c3ccc(N)cc3oc-2c1. The third-order valence-corrected chi connectivity index (χ3v) is 4.54. The second kappa shape index (κ2) is 5.63. The van der Waals surface area contributed by atoms with Crippen molar-refractivity contribution < 1.29 is 14.3 Å². The third kappa shape index (κ3) is 2.50. The van der Waals surface area contributed by atoms with Crippen LogP contribution in [-0.2, 0) is 4.79 Å². The molecular weight excluding hydrogens is 316 g/mol. The number of allylic oxidation sites excluding steroid dienone is 3. The maximum atomic E-state index is 11.7. The molecule has 0 radical (unpaired) electrons. The van der Waals surface area contributed by atoms with Gasteiger partial charge in [-0.05, 0) is 36.2 Å². The summed E-state index contributed by atoms with van der Waals surface area (Å²) in [7, 11) is 0. The van der Waals surface area contributed by atoms with Crippen LogP contribution in [0.4, 0.5) is 5.69 Å². The molecule has 5 heteroatoms. The van der Waals surface area contributed by atoms with Gasteiger partial charge in [0.1, 0.15) is 11.3 Å². The highest BCUT2D eigenvalue weighted by molar-refractivity contribution is 5.95. The molecule has 4 N–H and O–H groups in total. The molecule has 0 spiro atoms. The zero-order chi connectivity index (χ0) is 17.6. The van der Waals surface area contributed by atoms with Crippen LogP contribution in [0.1, 0.15) is 17.9 Å². The minimum atomic E-state index is -0.927. The highest BCUT2D eigenvalue weighted by Gasteiger charge is 2.28. The lowest BCUT2D eigenvalue weighted by Gasteiger charge is -2.24. The molecule has 5 nitrogen and oxygen atoms in total. The van der Waals surface area contributed by atoms with Crippen LogP contribution >= 0.6 is 0 Å². The Hall–Kier alpha value is -3.34. The molecule has 124 valence electrons. The van der Waals surface area contributed by atoms with Gasteiger partial charge in [0.25, 0.3) is 0 Å². The molecule has 1 heterocycles. The number of carboxylic acid groups (broad SMARTS) is 1. The average Bonchev–Trinajstić information content (AvgIpc) is 2.59. The second-order valence-corrected chi connectivity index (χ2v) is 6.13. The van der Waals surface area contributed by atoms with Gasteiger partial charge in [-0.3, -0.25) is 0 Å². The van der Waals surface area contributed by atoms with E-state index in [1.54, 1.807) is 36.4 Å². The number of carboxylic acids is 1. The Bertz CT molecular complexity index is 1090. The zero-order valence-electron chi connectivity index (χ0n) is 13.3. The van der Waals surface area contributed by atoms with E-state index in [4.69, 9.17) is 15.6 Å². The average molecular weight is 332 g/mol. The van der Waals surface area contributed by atoms with Gasteiger partial charge < -0.3 is 20.7 Å². The molecule has 2 aliphatic carbocycles. The molecule has 0 saturated heterocycles. The number of aliphatic carboxylic acids is 1. The minimum Gasteiger partial charge on any atom is -0.478 e. The van der Waals surface area contributed by atoms with Gasteiger partial charge in [0.2, 0.25) is 0 Å². The lowest BCUT2D eigenvalue weighted by atomic mass is 9.80. The summed E-state index contributed by atoms with van der Waals surface area (Å²) in [6, 6.07) is 10.5. The van der Waals surface area contributed by atoms with E-state index >= 15 is 0 Å². The van der Waals surface area contributed by atoms with Crippen molar-refractivity contribution in [2.45, 2.75) is 12.3 Å². The van der Waals surface area contributed by atoms with Gasteiger partial charge in [-0.15, -0.1) is 0 Å². The van der Waals surface area contributed by atoms with Crippen LogP contribution < -0.4 is 11.1 Å². The Morgan fingerprint density at radius 2 is 2.08 bits per heavy atom. The van der Waals surface area contributed by atoms with Gasteiger partial charge in [-0.25, -0.2) is 4.79 Å². The lowest BCUT2D eigenvalue weighted by Crippen LogP contribution is -2.15. The Morgan fingerprint density at radius 1 is 1.24 bits per heavy atom. The first kappa shape index (κ1) is 15.2. The topological polar surface area (TPSA) is 100 Å². The Labute approximate surface area is 143 Å². The molecule has 1 unspecified atom stereocenters. The largest absolute Gasteiger partial charge is 0.478 e. The van der Waals surface area contributed by atoms with Crippen molar-refractivity contribution >= 4 is 22.6 Å². The van der Waals surface area contributed by atoms with Crippen molar-refractivity contribution in [2.24, 2.45) is 0 Å². The summed E-state index contributed by atoms with van der Waals surface area (Å²) < 4.78 is 5.95. The summed E-state index contributed by atoms with van der Waals surface area (Å²) in [6.07, 6.45) is 5.99.